The summed E-state index contributed by atoms with van der Waals surface area (Å²) in [4.78, 5) is 11.8. The molecule has 0 aliphatic rings. The largest absolute Gasteiger partial charge is 0.326 e. The number of nitrogens with two attached hydrogens (primary N) is 1. The Labute approximate surface area is 112 Å². The number of carbonyl (C=O) groups is 1. The van der Waals surface area contributed by atoms with Gasteiger partial charge < -0.3 is 11.1 Å². The van der Waals surface area contributed by atoms with Crippen LogP contribution in [0.1, 0.15) is 37.8 Å². The molecule has 0 aromatic heterocycles. The number of carbonyl (C=O) groups excluding carboxylic acids is 1. The number of nitrogens with zero attached hydrogens (tertiary/aromatic N) is 1. The van der Waals surface area contributed by atoms with Gasteiger partial charge in [-0.05, 0) is 39.3 Å². The number of anilines is 1. The molecule has 1 aromatic rings. The summed E-state index contributed by atoms with van der Waals surface area (Å²) in [5, 5.41) is 11.4. The van der Waals surface area contributed by atoms with Crippen LogP contribution in [0.5, 0.6) is 0 Å². The minimum atomic E-state index is -0.506. The second kappa shape index (κ2) is 5.81. The molecule has 0 fully saturated rings. The molecule has 0 unspecified atom stereocenters. The lowest BCUT2D eigenvalue weighted by molar-refractivity contribution is -0.116. The first kappa shape index (κ1) is 15.1. The second-order valence-corrected chi connectivity index (χ2v) is 5.28. The normalized spacial score (nSPS) is 10.9. The molecule has 5 heteroatoms. The number of nitrogens with one attached hydrogen (secondary N) is 1. The molecule has 0 aliphatic carbocycles. The summed E-state index contributed by atoms with van der Waals surface area (Å²) in [5.74, 6) is -0.746. The van der Waals surface area contributed by atoms with Crippen molar-refractivity contribution in [1.29, 1.82) is 5.26 Å². The SMILES string of the molecule is Cc1c(F)cc(C#N)cc1NC(=O)CCC(C)(C)N. The average Bonchev–Trinajstić information content (AvgIpc) is 2.31. The summed E-state index contributed by atoms with van der Waals surface area (Å²) in [6.45, 7) is 5.22. The van der Waals surface area contributed by atoms with Crippen molar-refractivity contribution in [2.24, 2.45) is 5.73 Å². The fourth-order valence-corrected chi connectivity index (χ4v) is 1.52. The third kappa shape index (κ3) is 4.68. The molecule has 0 spiro atoms. The van der Waals surface area contributed by atoms with E-state index >= 15 is 0 Å². The van der Waals surface area contributed by atoms with Crippen molar-refractivity contribution in [2.75, 3.05) is 5.32 Å². The predicted molar refractivity (Wildman–Crippen MR) is 72.0 cm³/mol. The van der Waals surface area contributed by atoms with Gasteiger partial charge in [-0.25, -0.2) is 4.39 Å². The van der Waals surface area contributed by atoms with Gasteiger partial charge in [0.15, 0.2) is 0 Å². The van der Waals surface area contributed by atoms with Gasteiger partial charge in [-0.15, -0.1) is 0 Å². The summed E-state index contributed by atoms with van der Waals surface area (Å²) in [7, 11) is 0. The standard InChI is InChI=1S/C14H18FN3O/c1-9-11(15)6-10(8-16)7-12(9)18-13(19)4-5-14(2,3)17/h6-7H,4-5,17H2,1-3H3,(H,18,19). The minimum absolute atomic E-state index is 0.178. The van der Waals surface area contributed by atoms with Crippen LogP contribution in [0.2, 0.25) is 0 Å². The van der Waals surface area contributed by atoms with Gasteiger partial charge in [-0.1, -0.05) is 0 Å². The monoisotopic (exact) mass is 263 g/mol. The summed E-state index contributed by atoms with van der Waals surface area (Å²) < 4.78 is 13.5. The van der Waals surface area contributed by atoms with Gasteiger partial charge >= 0.3 is 0 Å². The second-order valence-electron chi connectivity index (χ2n) is 5.28. The molecule has 0 saturated heterocycles. The minimum Gasteiger partial charge on any atom is -0.326 e. The molecule has 0 bridgehead atoms. The molecule has 1 aromatic carbocycles. The lowest BCUT2D eigenvalue weighted by atomic mass is 10.00. The smallest absolute Gasteiger partial charge is 0.224 e. The van der Waals surface area contributed by atoms with Crippen molar-refractivity contribution in [3.8, 4) is 6.07 Å². The Hall–Kier alpha value is -1.93. The van der Waals surface area contributed by atoms with Crippen molar-refractivity contribution in [1.82, 2.24) is 0 Å². The van der Waals surface area contributed by atoms with Crippen LogP contribution in [-0.4, -0.2) is 11.4 Å². The molecule has 102 valence electrons. The van der Waals surface area contributed by atoms with Gasteiger partial charge in [0.05, 0.1) is 11.6 Å². The highest BCUT2D eigenvalue weighted by atomic mass is 19.1. The van der Waals surface area contributed by atoms with Crippen molar-refractivity contribution in [3.63, 3.8) is 0 Å². The Morgan fingerprint density at radius 2 is 2.16 bits per heavy atom. The Morgan fingerprint density at radius 3 is 2.68 bits per heavy atom. The Morgan fingerprint density at radius 1 is 1.53 bits per heavy atom. The van der Waals surface area contributed by atoms with Crippen LogP contribution in [0.4, 0.5) is 10.1 Å². The van der Waals surface area contributed by atoms with E-state index in [-0.39, 0.29) is 17.9 Å². The van der Waals surface area contributed by atoms with Crippen molar-refractivity contribution >= 4 is 11.6 Å². The summed E-state index contributed by atoms with van der Waals surface area (Å²) in [6.07, 6.45) is 0.777. The van der Waals surface area contributed by atoms with Crippen LogP contribution in [0, 0.1) is 24.1 Å². The van der Waals surface area contributed by atoms with E-state index in [1.807, 2.05) is 19.9 Å². The van der Waals surface area contributed by atoms with Crippen LogP contribution in [0.25, 0.3) is 0 Å². The first-order valence-corrected chi connectivity index (χ1v) is 6.02. The first-order valence-electron chi connectivity index (χ1n) is 6.02. The maximum atomic E-state index is 13.5. The molecular weight excluding hydrogens is 245 g/mol. The van der Waals surface area contributed by atoms with Crippen LogP contribution >= 0.6 is 0 Å². The molecule has 0 aliphatic heterocycles. The van der Waals surface area contributed by atoms with E-state index in [1.54, 1.807) is 6.92 Å². The highest BCUT2D eigenvalue weighted by Crippen LogP contribution is 2.21. The van der Waals surface area contributed by atoms with Crippen LogP contribution in [-0.2, 0) is 4.79 Å². The summed E-state index contributed by atoms with van der Waals surface area (Å²) >= 11 is 0. The van der Waals surface area contributed by atoms with E-state index < -0.39 is 11.4 Å². The lowest BCUT2D eigenvalue weighted by Crippen LogP contribution is -2.33. The Balaban J connectivity index is 2.80. The van der Waals surface area contributed by atoms with Gasteiger partial charge in [0.2, 0.25) is 5.91 Å². The van der Waals surface area contributed by atoms with Crippen molar-refractivity contribution in [3.05, 3.63) is 29.1 Å². The van der Waals surface area contributed by atoms with E-state index in [1.165, 1.54) is 6.07 Å². The van der Waals surface area contributed by atoms with Gasteiger partial charge in [-0.2, -0.15) is 5.26 Å². The number of hydrogen-bond acceptors (Lipinski definition) is 3. The number of nitriles is 1. The topological polar surface area (TPSA) is 78.9 Å². The third-order valence-corrected chi connectivity index (χ3v) is 2.74. The molecule has 19 heavy (non-hydrogen) atoms. The molecule has 1 rings (SSSR count). The number of hydrogen-bond donors (Lipinski definition) is 2. The van der Waals surface area contributed by atoms with Gasteiger partial charge in [0.25, 0.3) is 0 Å². The zero-order valence-electron chi connectivity index (χ0n) is 11.4. The van der Waals surface area contributed by atoms with Gasteiger partial charge in [0.1, 0.15) is 5.82 Å². The Bertz CT molecular complexity index is 527. The van der Waals surface area contributed by atoms with Crippen molar-refractivity contribution < 1.29 is 9.18 Å². The number of benzene rings is 1. The van der Waals surface area contributed by atoms with Crippen LogP contribution < -0.4 is 11.1 Å². The summed E-state index contributed by atoms with van der Waals surface area (Å²) in [5.41, 5.74) is 6.20. The highest BCUT2D eigenvalue weighted by molar-refractivity contribution is 5.91. The fourth-order valence-electron chi connectivity index (χ4n) is 1.52. The zero-order chi connectivity index (χ0) is 14.6. The van der Waals surface area contributed by atoms with E-state index in [2.05, 4.69) is 5.32 Å². The third-order valence-electron chi connectivity index (χ3n) is 2.74. The van der Waals surface area contributed by atoms with E-state index in [0.29, 0.717) is 17.7 Å². The maximum absolute atomic E-state index is 13.5. The molecule has 0 heterocycles. The fraction of sp³-hybridized carbons (Fsp3) is 0.429. The molecule has 1 amide bonds. The zero-order valence-corrected chi connectivity index (χ0v) is 11.4. The highest BCUT2D eigenvalue weighted by Gasteiger charge is 2.15. The first-order chi connectivity index (χ1) is 8.73. The quantitative estimate of drug-likeness (QED) is 0.875. The molecule has 4 nitrogen and oxygen atoms in total. The predicted octanol–water partition coefficient (Wildman–Crippen LogP) is 2.46. The molecule has 0 saturated carbocycles. The Kier molecular flexibility index (Phi) is 4.62. The maximum Gasteiger partial charge on any atom is 0.224 e. The van der Waals surface area contributed by atoms with E-state index in [4.69, 9.17) is 11.0 Å². The average molecular weight is 263 g/mol. The van der Waals surface area contributed by atoms with Crippen LogP contribution in [0.15, 0.2) is 12.1 Å². The molecule has 0 atom stereocenters. The summed E-state index contributed by atoms with van der Waals surface area (Å²) in [6, 6.07) is 4.46. The van der Waals surface area contributed by atoms with E-state index in [9.17, 15) is 9.18 Å². The van der Waals surface area contributed by atoms with Gasteiger partial charge in [-0.3, -0.25) is 4.79 Å². The van der Waals surface area contributed by atoms with E-state index in [0.717, 1.165) is 6.07 Å². The number of amides is 1. The molecule has 0 radical (unpaired) electrons. The van der Waals surface area contributed by atoms with Gasteiger partial charge in [0, 0.05) is 23.2 Å². The van der Waals surface area contributed by atoms with Crippen molar-refractivity contribution in [2.45, 2.75) is 39.2 Å². The van der Waals surface area contributed by atoms with Crippen LogP contribution in [0.3, 0.4) is 0 Å². The molecular formula is C14H18FN3O. The lowest BCUT2D eigenvalue weighted by Gasteiger charge is -2.18. The molecule has 3 N–H and O–H groups in total. The number of halogens is 1. The number of rotatable bonds is 4.